The molecule has 0 saturated carbocycles. The van der Waals surface area contributed by atoms with E-state index in [4.69, 9.17) is 5.73 Å². The fourth-order valence-corrected chi connectivity index (χ4v) is 3.49. The molecule has 0 radical (unpaired) electrons. The lowest BCUT2D eigenvalue weighted by Gasteiger charge is -2.46. The number of aromatic nitrogens is 2. The fraction of sp³-hybridized carbons (Fsp3) is 0.714. The summed E-state index contributed by atoms with van der Waals surface area (Å²) in [6.07, 6.45) is 3.91. The predicted molar refractivity (Wildman–Crippen MR) is 75.9 cm³/mol. The summed E-state index contributed by atoms with van der Waals surface area (Å²) in [4.78, 5) is 4.92. The number of rotatable bonds is 2. The van der Waals surface area contributed by atoms with Gasteiger partial charge in [0.2, 0.25) is 0 Å². The van der Waals surface area contributed by atoms with Crippen molar-refractivity contribution in [1.29, 1.82) is 0 Å². The minimum absolute atomic E-state index is 0.461. The molecule has 2 aliphatic heterocycles. The average Bonchev–Trinajstić information content (AvgIpc) is 2.47. The van der Waals surface area contributed by atoms with Gasteiger partial charge in [0.15, 0.2) is 5.82 Å². The molecule has 5 nitrogen and oxygen atoms in total. The molecule has 2 saturated heterocycles. The molecule has 104 valence electrons. The number of piperidine rings is 2. The Morgan fingerprint density at radius 1 is 1.26 bits per heavy atom. The zero-order valence-electron chi connectivity index (χ0n) is 11.6. The van der Waals surface area contributed by atoms with Crippen LogP contribution in [0.3, 0.4) is 0 Å². The first kappa shape index (κ1) is 12.8. The molecule has 2 N–H and O–H groups in total. The lowest BCUT2D eigenvalue weighted by atomic mass is 9.84. The van der Waals surface area contributed by atoms with E-state index < -0.39 is 0 Å². The SMILES string of the molecule is CN1CCCC2CN(c3ccc(CN)nn3)CCC21. The molecule has 2 atom stereocenters. The first-order valence-electron chi connectivity index (χ1n) is 7.26. The molecule has 2 fully saturated rings. The Morgan fingerprint density at radius 3 is 2.89 bits per heavy atom. The van der Waals surface area contributed by atoms with Gasteiger partial charge in [0.1, 0.15) is 0 Å². The number of nitrogens with zero attached hydrogens (tertiary/aromatic N) is 4. The summed E-state index contributed by atoms with van der Waals surface area (Å²) in [5, 5.41) is 8.48. The van der Waals surface area contributed by atoms with Gasteiger partial charge in [-0.25, -0.2) is 0 Å². The molecular weight excluding hydrogens is 238 g/mol. The van der Waals surface area contributed by atoms with Crippen LogP contribution in [0.2, 0.25) is 0 Å². The number of anilines is 1. The molecule has 0 spiro atoms. The highest BCUT2D eigenvalue weighted by Gasteiger charge is 2.34. The lowest BCUT2D eigenvalue weighted by Crippen LogP contribution is -2.52. The number of nitrogens with two attached hydrogens (primary N) is 1. The first-order valence-corrected chi connectivity index (χ1v) is 7.26. The van der Waals surface area contributed by atoms with E-state index in [2.05, 4.69) is 33.1 Å². The smallest absolute Gasteiger partial charge is 0.151 e. The van der Waals surface area contributed by atoms with Gasteiger partial charge >= 0.3 is 0 Å². The molecule has 0 aliphatic carbocycles. The Balaban J connectivity index is 1.69. The minimum atomic E-state index is 0.461. The minimum Gasteiger partial charge on any atom is -0.355 e. The monoisotopic (exact) mass is 261 g/mol. The van der Waals surface area contributed by atoms with E-state index >= 15 is 0 Å². The van der Waals surface area contributed by atoms with E-state index in [-0.39, 0.29) is 0 Å². The highest BCUT2D eigenvalue weighted by molar-refractivity contribution is 5.38. The van der Waals surface area contributed by atoms with Crippen LogP contribution in [0.25, 0.3) is 0 Å². The number of hydrogen-bond acceptors (Lipinski definition) is 5. The molecule has 5 heteroatoms. The van der Waals surface area contributed by atoms with E-state index in [0.717, 1.165) is 36.6 Å². The van der Waals surface area contributed by atoms with Crippen LogP contribution in [0.4, 0.5) is 5.82 Å². The van der Waals surface area contributed by atoms with Crippen molar-refractivity contribution < 1.29 is 0 Å². The summed E-state index contributed by atoms with van der Waals surface area (Å²) in [6, 6.07) is 4.81. The van der Waals surface area contributed by atoms with E-state index in [1.165, 1.54) is 25.8 Å². The zero-order valence-corrected chi connectivity index (χ0v) is 11.6. The second-order valence-corrected chi connectivity index (χ2v) is 5.77. The van der Waals surface area contributed by atoms with E-state index in [0.29, 0.717) is 6.54 Å². The highest BCUT2D eigenvalue weighted by atomic mass is 15.3. The van der Waals surface area contributed by atoms with E-state index in [1.807, 2.05) is 6.07 Å². The maximum absolute atomic E-state index is 5.56. The molecule has 1 aromatic rings. The van der Waals surface area contributed by atoms with Crippen molar-refractivity contribution in [3.63, 3.8) is 0 Å². The van der Waals surface area contributed by atoms with Gasteiger partial charge in [-0.3, -0.25) is 0 Å². The van der Waals surface area contributed by atoms with Crippen molar-refractivity contribution in [2.45, 2.75) is 31.8 Å². The number of likely N-dealkylation sites (tertiary alicyclic amines) is 1. The Labute approximate surface area is 114 Å². The lowest BCUT2D eigenvalue weighted by molar-refractivity contribution is 0.102. The third kappa shape index (κ3) is 2.58. The van der Waals surface area contributed by atoms with Gasteiger partial charge in [-0.05, 0) is 50.9 Å². The van der Waals surface area contributed by atoms with Crippen molar-refractivity contribution in [2.24, 2.45) is 11.7 Å². The summed E-state index contributed by atoms with van der Waals surface area (Å²) in [5.41, 5.74) is 6.42. The molecule has 19 heavy (non-hydrogen) atoms. The molecular formula is C14H23N5. The molecule has 2 unspecified atom stereocenters. The second kappa shape index (κ2) is 5.43. The normalized spacial score (nSPS) is 28.2. The Kier molecular flexibility index (Phi) is 3.66. The van der Waals surface area contributed by atoms with Crippen LogP contribution in [0.15, 0.2) is 12.1 Å². The van der Waals surface area contributed by atoms with Gasteiger partial charge < -0.3 is 15.5 Å². The van der Waals surface area contributed by atoms with Crippen molar-refractivity contribution in [1.82, 2.24) is 15.1 Å². The topological polar surface area (TPSA) is 58.3 Å². The molecule has 3 heterocycles. The largest absolute Gasteiger partial charge is 0.355 e. The Hall–Kier alpha value is -1.20. The summed E-state index contributed by atoms with van der Waals surface area (Å²) in [7, 11) is 2.27. The average molecular weight is 261 g/mol. The third-order valence-corrected chi connectivity index (χ3v) is 4.58. The van der Waals surface area contributed by atoms with Crippen molar-refractivity contribution in [3.8, 4) is 0 Å². The van der Waals surface area contributed by atoms with Gasteiger partial charge in [0.25, 0.3) is 0 Å². The number of hydrogen-bond donors (Lipinski definition) is 1. The van der Waals surface area contributed by atoms with Gasteiger partial charge in [-0.2, -0.15) is 5.10 Å². The zero-order chi connectivity index (χ0) is 13.2. The standard InChI is InChI=1S/C14H23N5/c1-18-7-2-3-11-10-19(8-6-13(11)18)14-5-4-12(9-15)16-17-14/h4-5,11,13H,2-3,6-10,15H2,1H3. The predicted octanol–water partition coefficient (Wildman–Crippen LogP) is 0.856. The molecule has 1 aromatic heterocycles. The van der Waals surface area contributed by atoms with Crippen molar-refractivity contribution >= 4 is 5.82 Å². The molecule has 0 bridgehead atoms. The maximum Gasteiger partial charge on any atom is 0.151 e. The van der Waals surface area contributed by atoms with Crippen LogP contribution in [-0.4, -0.2) is 47.8 Å². The van der Waals surface area contributed by atoms with Crippen molar-refractivity contribution in [2.75, 3.05) is 31.6 Å². The second-order valence-electron chi connectivity index (χ2n) is 5.77. The summed E-state index contributed by atoms with van der Waals surface area (Å²) in [5.74, 6) is 1.78. The van der Waals surface area contributed by atoms with Crippen LogP contribution in [0, 0.1) is 5.92 Å². The van der Waals surface area contributed by atoms with Crippen LogP contribution in [0.1, 0.15) is 25.0 Å². The fourth-order valence-electron chi connectivity index (χ4n) is 3.49. The Morgan fingerprint density at radius 2 is 2.16 bits per heavy atom. The van der Waals surface area contributed by atoms with Gasteiger partial charge in [-0.15, -0.1) is 5.10 Å². The van der Waals surface area contributed by atoms with Crippen molar-refractivity contribution in [3.05, 3.63) is 17.8 Å². The quantitative estimate of drug-likeness (QED) is 0.855. The van der Waals surface area contributed by atoms with Gasteiger partial charge in [0, 0.05) is 25.7 Å². The number of fused-ring (bicyclic) bond motifs is 1. The van der Waals surface area contributed by atoms with Gasteiger partial charge in [-0.1, -0.05) is 0 Å². The summed E-state index contributed by atoms with van der Waals surface area (Å²) in [6.45, 7) is 3.92. The summed E-state index contributed by atoms with van der Waals surface area (Å²) < 4.78 is 0. The molecule has 2 aliphatic rings. The van der Waals surface area contributed by atoms with E-state index in [9.17, 15) is 0 Å². The third-order valence-electron chi connectivity index (χ3n) is 4.58. The van der Waals surface area contributed by atoms with Crippen LogP contribution >= 0.6 is 0 Å². The van der Waals surface area contributed by atoms with Gasteiger partial charge in [0.05, 0.1) is 5.69 Å². The highest BCUT2D eigenvalue weighted by Crippen LogP contribution is 2.31. The van der Waals surface area contributed by atoms with Crippen LogP contribution < -0.4 is 10.6 Å². The first-order chi connectivity index (χ1) is 9.28. The van der Waals surface area contributed by atoms with Crippen LogP contribution in [0.5, 0.6) is 0 Å². The molecule has 0 aromatic carbocycles. The van der Waals surface area contributed by atoms with Crippen LogP contribution in [-0.2, 0) is 6.54 Å². The molecule has 3 rings (SSSR count). The molecule has 0 amide bonds. The summed E-state index contributed by atoms with van der Waals surface area (Å²) >= 11 is 0. The van der Waals surface area contributed by atoms with E-state index in [1.54, 1.807) is 0 Å². The Bertz CT molecular complexity index is 418. The maximum atomic E-state index is 5.56.